The Morgan fingerprint density at radius 2 is 1.51 bits per heavy atom. The van der Waals surface area contributed by atoms with E-state index in [0.29, 0.717) is 6.42 Å². The molecule has 2 atom stereocenters. The number of fused-ring (bicyclic) bond motifs is 3. The van der Waals surface area contributed by atoms with Gasteiger partial charge in [-0.15, -0.1) is 11.8 Å². The van der Waals surface area contributed by atoms with Crippen molar-refractivity contribution >= 4 is 45.4 Å². The lowest BCUT2D eigenvalue weighted by atomic mass is 9.92. The molecule has 4 aromatic rings. The van der Waals surface area contributed by atoms with Crippen LogP contribution in [-0.4, -0.2) is 22.3 Å². The Balaban J connectivity index is 1.66. The number of amidine groups is 1. The molecule has 0 saturated heterocycles. The lowest BCUT2D eigenvalue weighted by Gasteiger charge is -2.44. The number of nitrogens with one attached hydrogen (secondary N) is 1. The van der Waals surface area contributed by atoms with Gasteiger partial charge in [-0.1, -0.05) is 60.7 Å². The number of aliphatic imine (C=N–C) groups is 1. The van der Waals surface area contributed by atoms with Gasteiger partial charge in [-0.05, 0) is 42.7 Å². The van der Waals surface area contributed by atoms with Crippen LogP contribution in [0.2, 0.25) is 0 Å². The molecule has 0 aliphatic carbocycles. The fourth-order valence-electron chi connectivity index (χ4n) is 5.06. The van der Waals surface area contributed by atoms with Crippen LogP contribution in [-0.2, 0) is 5.66 Å². The molecule has 0 saturated carbocycles. The van der Waals surface area contributed by atoms with Crippen molar-refractivity contribution in [2.45, 2.75) is 12.1 Å². The first-order chi connectivity index (χ1) is 18.1. The lowest BCUT2D eigenvalue weighted by Crippen LogP contribution is -2.99. The third kappa shape index (κ3) is 3.91. The molecule has 2 aliphatic heterocycles. The van der Waals surface area contributed by atoms with E-state index in [2.05, 4.69) is 58.6 Å². The Morgan fingerprint density at radius 3 is 2.19 bits per heavy atom. The molecule has 2 heterocycles. The van der Waals surface area contributed by atoms with Crippen LogP contribution in [0.25, 0.3) is 0 Å². The summed E-state index contributed by atoms with van der Waals surface area (Å²) in [6, 6.07) is 35.6. The van der Waals surface area contributed by atoms with Crippen molar-refractivity contribution in [2.75, 3.05) is 16.2 Å². The van der Waals surface area contributed by atoms with Gasteiger partial charge >= 0.3 is 0 Å². The number of anilines is 2. The van der Waals surface area contributed by atoms with Crippen molar-refractivity contribution in [3.05, 3.63) is 126 Å². The van der Waals surface area contributed by atoms with Crippen molar-refractivity contribution in [1.82, 2.24) is 0 Å². The number of hydrazone groups is 1. The maximum atomic E-state index is 11.5. The van der Waals surface area contributed by atoms with Gasteiger partial charge in [-0.2, -0.15) is 10.3 Å². The van der Waals surface area contributed by atoms with E-state index in [0.717, 1.165) is 39.1 Å². The van der Waals surface area contributed by atoms with Crippen LogP contribution in [0.3, 0.4) is 0 Å². The van der Waals surface area contributed by atoms with Crippen LogP contribution in [0, 0.1) is 5.21 Å². The van der Waals surface area contributed by atoms with Gasteiger partial charge in [0.1, 0.15) is 0 Å². The van der Waals surface area contributed by atoms with Crippen molar-refractivity contribution in [3.63, 3.8) is 0 Å². The Labute approximate surface area is 219 Å². The summed E-state index contributed by atoms with van der Waals surface area (Å²) in [6.07, 6.45) is 2.66. The number of hydrogen-bond donors (Lipinski definition) is 2. The minimum Gasteiger partial charge on any atom is -0.595 e. The number of para-hydroxylation sites is 3. The molecular weight excluding hydrogens is 482 g/mol. The SMILES string of the molecule is CSC1=Nc2ccccc2N2C(c3ccc([NH+]([O-])O)cc3)=NN(c3ccccc3)C2(c2ccccc2)C1. The minimum atomic E-state index is -0.956. The minimum absolute atomic E-state index is 0.237. The topological polar surface area (TPSA) is 78.9 Å². The van der Waals surface area contributed by atoms with E-state index in [9.17, 15) is 10.4 Å². The maximum Gasteiger partial charge on any atom is 0.172 e. The maximum absolute atomic E-state index is 11.5. The zero-order chi connectivity index (χ0) is 25.4. The molecule has 184 valence electrons. The first-order valence-electron chi connectivity index (χ1n) is 12.0. The predicted molar refractivity (Wildman–Crippen MR) is 150 cm³/mol. The van der Waals surface area contributed by atoms with Gasteiger partial charge in [-0.3, -0.25) is 4.90 Å². The van der Waals surface area contributed by atoms with Crippen molar-refractivity contribution in [1.29, 1.82) is 0 Å². The van der Waals surface area contributed by atoms with Crippen LogP contribution in [0.15, 0.2) is 119 Å². The number of nitrogens with zero attached hydrogens (tertiary/aromatic N) is 4. The predicted octanol–water partition coefficient (Wildman–Crippen LogP) is 5.43. The molecule has 2 aliphatic rings. The largest absolute Gasteiger partial charge is 0.595 e. The molecule has 0 amide bonds. The number of thioether (sulfide) groups is 1. The third-order valence-corrected chi connectivity index (χ3v) is 7.46. The molecule has 0 fully saturated rings. The van der Waals surface area contributed by atoms with E-state index >= 15 is 0 Å². The van der Waals surface area contributed by atoms with Crippen molar-refractivity contribution in [3.8, 4) is 0 Å². The smallest absolute Gasteiger partial charge is 0.172 e. The molecule has 8 heteroatoms. The summed E-state index contributed by atoms with van der Waals surface area (Å²) in [7, 11) is 0. The number of benzene rings is 4. The van der Waals surface area contributed by atoms with Crippen LogP contribution in [0.1, 0.15) is 17.5 Å². The van der Waals surface area contributed by atoms with Gasteiger partial charge in [0.2, 0.25) is 0 Å². The average molecular weight is 508 g/mol. The Bertz CT molecular complexity index is 1480. The van der Waals surface area contributed by atoms with Gasteiger partial charge in [0.05, 0.1) is 22.1 Å². The molecule has 0 bridgehead atoms. The van der Waals surface area contributed by atoms with Gasteiger partial charge in [-0.25, -0.2) is 15.2 Å². The Kier molecular flexibility index (Phi) is 6.02. The van der Waals surface area contributed by atoms with E-state index < -0.39 is 10.9 Å². The zero-order valence-corrected chi connectivity index (χ0v) is 21.0. The monoisotopic (exact) mass is 507 g/mol. The number of hydrogen-bond acceptors (Lipinski definition) is 7. The van der Waals surface area contributed by atoms with Crippen molar-refractivity contribution in [2.24, 2.45) is 10.1 Å². The van der Waals surface area contributed by atoms with E-state index in [1.807, 2.05) is 54.6 Å². The van der Waals surface area contributed by atoms with E-state index in [1.165, 1.54) is 0 Å². The second-order valence-corrected chi connectivity index (χ2v) is 9.73. The summed E-state index contributed by atoms with van der Waals surface area (Å²) in [5.74, 6) is 0.731. The van der Waals surface area contributed by atoms with E-state index in [4.69, 9.17) is 10.1 Å². The Morgan fingerprint density at radius 1 is 0.865 bits per heavy atom. The second kappa shape index (κ2) is 9.49. The first kappa shape index (κ1) is 23.4. The first-order valence-corrected chi connectivity index (χ1v) is 13.2. The van der Waals surface area contributed by atoms with Gasteiger partial charge in [0, 0.05) is 29.7 Å². The summed E-state index contributed by atoms with van der Waals surface area (Å²) in [6.45, 7) is 0. The quantitative estimate of drug-likeness (QED) is 0.360. The summed E-state index contributed by atoms with van der Waals surface area (Å²) in [5, 5.41) is 28.4. The van der Waals surface area contributed by atoms with Gasteiger partial charge in [0.25, 0.3) is 0 Å². The number of quaternary nitrogens is 1. The fraction of sp³-hybridized carbons (Fsp3) is 0.103. The molecule has 6 rings (SSSR count). The average Bonchev–Trinajstić information content (AvgIpc) is 3.21. The molecule has 37 heavy (non-hydrogen) atoms. The van der Waals surface area contributed by atoms with E-state index in [1.54, 1.807) is 23.9 Å². The van der Waals surface area contributed by atoms with Crippen LogP contribution < -0.4 is 15.1 Å². The summed E-state index contributed by atoms with van der Waals surface area (Å²) in [5.41, 5.74) is 4.17. The van der Waals surface area contributed by atoms with Crippen LogP contribution >= 0.6 is 11.8 Å². The van der Waals surface area contributed by atoms with Gasteiger partial charge < -0.3 is 5.21 Å². The molecule has 0 radical (unpaired) electrons. The molecule has 2 unspecified atom stereocenters. The zero-order valence-electron chi connectivity index (χ0n) is 20.2. The standard InChI is InChI=1S/C29H25N5O2S/c1-37-27-20-29(22-10-4-2-5-11-22)32(26-15-9-8-14-25(26)30-27)28(21-16-18-24(19-17-21)34(35)36)31-33(29)23-12-6-3-7-13-23/h2-19,34-35H,20H2,1H3. The molecule has 2 N–H and O–H groups in total. The fourth-order valence-corrected chi connectivity index (χ4v) is 5.59. The summed E-state index contributed by atoms with van der Waals surface area (Å²) >= 11 is 1.64. The van der Waals surface area contributed by atoms with Gasteiger partial charge in [0.15, 0.2) is 17.2 Å². The highest BCUT2D eigenvalue weighted by atomic mass is 32.2. The highest BCUT2D eigenvalue weighted by Crippen LogP contribution is 2.51. The normalized spacial score (nSPS) is 19.4. The number of rotatable bonds is 4. The second-order valence-electron chi connectivity index (χ2n) is 8.85. The lowest BCUT2D eigenvalue weighted by molar-refractivity contribution is -0.991. The molecule has 0 spiro atoms. The van der Waals surface area contributed by atoms with Crippen molar-refractivity contribution < 1.29 is 10.4 Å². The molecule has 4 aromatic carbocycles. The summed E-state index contributed by atoms with van der Waals surface area (Å²) in [4.78, 5) is 7.35. The summed E-state index contributed by atoms with van der Waals surface area (Å²) < 4.78 is 0. The van der Waals surface area contributed by atoms with Crippen LogP contribution in [0.5, 0.6) is 0 Å². The van der Waals surface area contributed by atoms with Crippen LogP contribution in [0.4, 0.5) is 22.7 Å². The van der Waals surface area contributed by atoms with E-state index in [-0.39, 0.29) is 5.69 Å². The highest BCUT2D eigenvalue weighted by molar-refractivity contribution is 8.13. The molecule has 7 nitrogen and oxygen atoms in total. The third-order valence-electron chi connectivity index (χ3n) is 6.75. The Hall–Kier alpha value is -3.95. The molecular formula is C29H25N5O2S. The highest BCUT2D eigenvalue weighted by Gasteiger charge is 2.54. The molecule has 0 aromatic heterocycles.